The highest BCUT2D eigenvalue weighted by Crippen LogP contribution is 1.95. The Balaban J connectivity index is 3.43. The summed E-state index contributed by atoms with van der Waals surface area (Å²) in [5.74, 6) is 0. The summed E-state index contributed by atoms with van der Waals surface area (Å²) in [5, 5.41) is 0. The molecule has 1 aromatic heterocycles. The quantitative estimate of drug-likeness (QED) is 0.783. The van der Waals surface area contributed by atoms with Gasteiger partial charge in [-0.25, -0.2) is 4.79 Å². The number of halogens is 1. The Bertz CT molecular complexity index is 433. The van der Waals surface area contributed by atoms with Crippen molar-refractivity contribution in [1.29, 1.82) is 0 Å². The number of aromatic nitrogens is 2. The first-order valence-electron chi connectivity index (χ1n) is 4.61. The van der Waals surface area contributed by atoms with Crippen LogP contribution in [0.25, 0.3) is 0 Å². The molecule has 1 aromatic rings. The third kappa shape index (κ3) is 2.08. The van der Waals surface area contributed by atoms with Crippen LogP contribution in [-0.2, 0) is 13.1 Å². The van der Waals surface area contributed by atoms with Gasteiger partial charge in [0.2, 0.25) is 0 Å². The summed E-state index contributed by atoms with van der Waals surface area (Å²) in [5.41, 5.74) is -0.398. The van der Waals surface area contributed by atoms with E-state index in [1.807, 2.05) is 29.5 Å². The van der Waals surface area contributed by atoms with Crippen molar-refractivity contribution in [1.82, 2.24) is 9.13 Å². The topological polar surface area (TPSA) is 44.0 Å². The molecule has 1 rings (SSSR count). The lowest BCUT2D eigenvalue weighted by atomic mass is 10.4. The zero-order chi connectivity index (χ0) is 10.7. The largest absolute Gasteiger partial charge is 0.331 e. The van der Waals surface area contributed by atoms with E-state index in [0.29, 0.717) is 16.7 Å². The van der Waals surface area contributed by atoms with E-state index in [-0.39, 0.29) is 11.2 Å². The highest BCUT2D eigenvalue weighted by Gasteiger charge is 2.06. The minimum absolute atomic E-state index is 0.189. The standard InChI is InChI=1S/C9H13IN2O2/c1-3-5-11-6-7(10)8(13)12(4-2)9(11)14/h6H,3-5H2,1-2H3. The second-order valence-corrected chi connectivity index (χ2v) is 4.16. The highest BCUT2D eigenvalue weighted by molar-refractivity contribution is 14.1. The normalized spacial score (nSPS) is 10.5. The van der Waals surface area contributed by atoms with Gasteiger partial charge in [0.05, 0.1) is 3.57 Å². The van der Waals surface area contributed by atoms with E-state index < -0.39 is 0 Å². The van der Waals surface area contributed by atoms with E-state index in [2.05, 4.69) is 0 Å². The predicted octanol–water partition coefficient (Wildman–Crippen LogP) is 1.04. The van der Waals surface area contributed by atoms with Crippen LogP contribution < -0.4 is 11.2 Å². The first-order chi connectivity index (χ1) is 6.61. The molecule has 14 heavy (non-hydrogen) atoms. The molecule has 0 bridgehead atoms. The van der Waals surface area contributed by atoms with Crippen molar-refractivity contribution in [3.63, 3.8) is 0 Å². The van der Waals surface area contributed by atoms with Crippen molar-refractivity contribution in [2.24, 2.45) is 0 Å². The Morgan fingerprint density at radius 2 is 2.00 bits per heavy atom. The molecule has 4 nitrogen and oxygen atoms in total. The lowest BCUT2D eigenvalue weighted by molar-refractivity contribution is 0.557. The van der Waals surface area contributed by atoms with E-state index in [4.69, 9.17) is 0 Å². The maximum atomic E-state index is 11.7. The van der Waals surface area contributed by atoms with E-state index in [0.717, 1.165) is 6.42 Å². The molecule has 0 spiro atoms. The van der Waals surface area contributed by atoms with Gasteiger partial charge in [0.15, 0.2) is 0 Å². The van der Waals surface area contributed by atoms with Crippen LogP contribution in [-0.4, -0.2) is 9.13 Å². The number of rotatable bonds is 3. The van der Waals surface area contributed by atoms with Crippen LogP contribution in [0.2, 0.25) is 0 Å². The van der Waals surface area contributed by atoms with Crippen molar-refractivity contribution in [2.45, 2.75) is 33.4 Å². The first-order valence-corrected chi connectivity index (χ1v) is 5.69. The molecule has 5 heteroatoms. The summed E-state index contributed by atoms with van der Waals surface area (Å²) in [6.07, 6.45) is 2.51. The van der Waals surface area contributed by atoms with Crippen molar-refractivity contribution >= 4 is 22.6 Å². The van der Waals surface area contributed by atoms with Crippen LogP contribution in [0.1, 0.15) is 20.3 Å². The summed E-state index contributed by atoms with van der Waals surface area (Å²) in [6.45, 7) is 4.89. The summed E-state index contributed by atoms with van der Waals surface area (Å²) < 4.78 is 3.45. The van der Waals surface area contributed by atoms with Crippen LogP contribution in [0.5, 0.6) is 0 Å². The molecule has 0 N–H and O–H groups in total. The van der Waals surface area contributed by atoms with Gasteiger partial charge in [0.25, 0.3) is 5.56 Å². The van der Waals surface area contributed by atoms with Crippen molar-refractivity contribution < 1.29 is 0 Å². The van der Waals surface area contributed by atoms with Crippen molar-refractivity contribution in [3.8, 4) is 0 Å². The Morgan fingerprint density at radius 1 is 1.36 bits per heavy atom. The zero-order valence-corrected chi connectivity index (χ0v) is 10.4. The molecular weight excluding hydrogens is 295 g/mol. The third-order valence-corrected chi connectivity index (χ3v) is 2.72. The molecule has 0 saturated heterocycles. The predicted molar refractivity (Wildman–Crippen MR) is 63.6 cm³/mol. The summed E-state index contributed by atoms with van der Waals surface area (Å²) >= 11 is 1.96. The molecule has 0 amide bonds. The van der Waals surface area contributed by atoms with Crippen LogP contribution in [0.3, 0.4) is 0 Å². The van der Waals surface area contributed by atoms with E-state index in [1.165, 1.54) is 4.57 Å². The van der Waals surface area contributed by atoms with Gasteiger partial charge < -0.3 is 0 Å². The molecule has 0 unspecified atom stereocenters. The lowest BCUT2D eigenvalue weighted by Gasteiger charge is -2.08. The Kier molecular flexibility index (Phi) is 3.91. The van der Waals surface area contributed by atoms with Gasteiger partial charge in [-0.2, -0.15) is 0 Å². The smallest absolute Gasteiger partial charge is 0.299 e. The fourth-order valence-corrected chi connectivity index (χ4v) is 1.93. The second kappa shape index (κ2) is 4.77. The molecule has 0 aliphatic heterocycles. The van der Waals surface area contributed by atoms with Gasteiger partial charge in [-0.15, -0.1) is 0 Å². The Hall–Kier alpha value is -0.590. The molecule has 0 aliphatic rings. The second-order valence-electron chi connectivity index (χ2n) is 3.00. The highest BCUT2D eigenvalue weighted by atomic mass is 127. The van der Waals surface area contributed by atoms with Gasteiger partial charge in [0.1, 0.15) is 0 Å². The molecular formula is C9H13IN2O2. The molecule has 78 valence electrons. The summed E-state index contributed by atoms with van der Waals surface area (Å²) in [7, 11) is 0. The SMILES string of the molecule is CCCn1cc(I)c(=O)n(CC)c1=O. The maximum absolute atomic E-state index is 11.7. The molecule has 0 saturated carbocycles. The van der Waals surface area contributed by atoms with Crippen LogP contribution in [0.15, 0.2) is 15.8 Å². The van der Waals surface area contributed by atoms with Gasteiger partial charge >= 0.3 is 5.69 Å². The van der Waals surface area contributed by atoms with Crippen LogP contribution in [0, 0.1) is 3.57 Å². The van der Waals surface area contributed by atoms with Crippen molar-refractivity contribution in [3.05, 3.63) is 30.6 Å². The summed E-state index contributed by atoms with van der Waals surface area (Å²) in [6, 6.07) is 0. The monoisotopic (exact) mass is 308 g/mol. The van der Waals surface area contributed by atoms with Gasteiger partial charge in [0, 0.05) is 19.3 Å². The summed E-state index contributed by atoms with van der Waals surface area (Å²) in [4.78, 5) is 23.2. The number of aryl methyl sites for hydroxylation is 1. The third-order valence-electron chi connectivity index (χ3n) is 1.98. The molecule has 0 atom stereocenters. The minimum Gasteiger partial charge on any atom is -0.299 e. The van der Waals surface area contributed by atoms with E-state index in [9.17, 15) is 9.59 Å². The molecule has 0 radical (unpaired) electrons. The average molecular weight is 308 g/mol. The molecule has 0 fully saturated rings. The number of hydrogen-bond acceptors (Lipinski definition) is 2. The minimum atomic E-state index is -0.209. The van der Waals surface area contributed by atoms with E-state index >= 15 is 0 Å². The van der Waals surface area contributed by atoms with E-state index in [1.54, 1.807) is 17.7 Å². The Morgan fingerprint density at radius 3 is 2.50 bits per heavy atom. The Labute approximate surface area is 95.7 Å². The number of hydrogen-bond donors (Lipinski definition) is 0. The first kappa shape index (κ1) is 11.5. The van der Waals surface area contributed by atoms with Gasteiger partial charge in [-0.3, -0.25) is 13.9 Å². The number of nitrogens with zero attached hydrogens (tertiary/aromatic N) is 2. The van der Waals surface area contributed by atoms with Crippen LogP contribution in [0.4, 0.5) is 0 Å². The zero-order valence-electron chi connectivity index (χ0n) is 8.29. The van der Waals surface area contributed by atoms with Crippen molar-refractivity contribution in [2.75, 3.05) is 0 Å². The molecule has 0 aromatic carbocycles. The van der Waals surface area contributed by atoms with Crippen LogP contribution >= 0.6 is 22.6 Å². The average Bonchev–Trinajstić information content (AvgIpc) is 2.16. The molecule has 1 heterocycles. The van der Waals surface area contributed by atoms with Gasteiger partial charge in [-0.05, 0) is 35.9 Å². The maximum Gasteiger partial charge on any atom is 0.331 e. The molecule has 0 aliphatic carbocycles. The fourth-order valence-electron chi connectivity index (χ4n) is 1.30. The van der Waals surface area contributed by atoms with Gasteiger partial charge in [-0.1, -0.05) is 6.92 Å². The fraction of sp³-hybridized carbons (Fsp3) is 0.556. The lowest BCUT2D eigenvalue weighted by Crippen LogP contribution is -2.40.